The first kappa shape index (κ1) is 16.4. The molecule has 0 aliphatic carbocycles. The molecule has 0 atom stereocenters. The quantitative estimate of drug-likeness (QED) is 0.774. The summed E-state index contributed by atoms with van der Waals surface area (Å²) in [5.41, 5.74) is 2.79. The fourth-order valence-electron chi connectivity index (χ4n) is 1.99. The second-order valence-electron chi connectivity index (χ2n) is 5.26. The van der Waals surface area contributed by atoms with Crippen LogP contribution in [-0.2, 0) is 4.79 Å². The summed E-state index contributed by atoms with van der Waals surface area (Å²) in [4.78, 5) is 25.6. The second-order valence-corrected chi connectivity index (χ2v) is 5.26. The van der Waals surface area contributed by atoms with Crippen molar-refractivity contribution in [1.29, 1.82) is 0 Å². The molecule has 0 heterocycles. The van der Waals surface area contributed by atoms with Gasteiger partial charge < -0.3 is 5.32 Å². The van der Waals surface area contributed by atoms with Crippen LogP contribution in [0.1, 0.15) is 34.8 Å². The van der Waals surface area contributed by atoms with E-state index in [0.29, 0.717) is 6.54 Å². The topological polar surface area (TPSA) is 49.4 Å². The molecule has 0 unspecified atom stereocenters. The molecule has 0 saturated heterocycles. The first-order valence-electron chi connectivity index (χ1n) is 6.99. The van der Waals surface area contributed by atoms with Gasteiger partial charge in [0.2, 0.25) is 5.91 Å². The van der Waals surface area contributed by atoms with E-state index < -0.39 is 0 Å². The van der Waals surface area contributed by atoms with E-state index in [1.54, 1.807) is 11.9 Å². The summed E-state index contributed by atoms with van der Waals surface area (Å²) < 4.78 is 0. The van der Waals surface area contributed by atoms with E-state index in [-0.39, 0.29) is 24.8 Å². The summed E-state index contributed by atoms with van der Waals surface area (Å²) in [5.74, 6) is 0.0140. The monoisotopic (exact) mass is 276 g/mol. The van der Waals surface area contributed by atoms with Gasteiger partial charge in [0.1, 0.15) is 0 Å². The van der Waals surface area contributed by atoms with Crippen LogP contribution in [0.15, 0.2) is 18.2 Å². The van der Waals surface area contributed by atoms with Crippen molar-refractivity contribution in [3.05, 3.63) is 34.9 Å². The summed E-state index contributed by atoms with van der Waals surface area (Å²) in [7, 11) is 1.79. The summed E-state index contributed by atoms with van der Waals surface area (Å²) >= 11 is 0. The molecular weight excluding hydrogens is 252 g/mol. The highest BCUT2D eigenvalue weighted by atomic mass is 16.2. The van der Waals surface area contributed by atoms with Crippen molar-refractivity contribution in [1.82, 2.24) is 10.2 Å². The largest absolute Gasteiger partial charge is 0.355 e. The number of aryl methyl sites for hydroxylation is 2. The Balaban J connectivity index is 2.57. The predicted octanol–water partition coefficient (Wildman–Crippen LogP) is 1.94. The van der Waals surface area contributed by atoms with E-state index in [1.165, 1.54) is 0 Å². The number of amides is 1. The standard InChI is InChI=1S/C16H24N2O2/c1-5-8-17-16(20)11-18(4)10-15(19)14-9-12(2)6-7-13(14)3/h6-7,9H,5,8,10-11H2,1-4H3,(H,17,20). The number of benzene rings is 1. The molecule has 1 N–H and O–H groups in total. The molecule has 1 aromatic rings. The average molecular weight is 276 g/mol. The molecule has 0 bridgehead atoms. The lowest BCUT2D eigenvalue weighted by atomic mass is 10.0. The van der Waals surface area contributed by atoms with Gasteiger partial charge in [-0.1, -0.05) is 24.6 Å². The second kappa shape index (κ2) is 7.80. The molecule has 110 valence electrons. The number of rotatable bonds is 7. The Morgan fingerprint density at radius 2 is 1.90 bits per heavy atom. The molecule has 1 rings (SSSR count). The van der Waals surface area contributed by atoms with Crippen LogP contribution < -0.4 is 5.32 Å². The van der Waals surface area contributed by atoms with Crippen LogP contribution in [0.25, 0.3) is 0 Å². The highest BCUT2D eigenvalue weighted by Crippen LogP contribution is 2.11. The predicted molar refractivity (Wildman–Crippen MR) is 81.0 cm³/mol. The average Bonchev–Trinajstić information content (AvgIpc) is 2.38. The normalized spacial score (nSPS) is 10.7. The van der Waals surface area contributed by atoms with Crippen LogP contribution in [0.5, 0.6) is 0 Å². The Hall–Kier alpha value is -1.68. The molecule has 0 saturated carbocycles. The van der Waals surface area contributed by atoms with Crippen molar-refractivity contribution < 1.29 is 9.59 Å². The van der Waals surface area contributed by atoms with Crippen LogP contribution in [0, 0.1) is 13.8 Å². The minimum Gasteiger partial charge on any atom is -0.355 e. The Labute approximate surface area is 121 Å². The third-order valence-corrected chi connectivity index (χ3v) is 3.09. The number of nitrogens with zero attached hydrogens (tertiary/aromatic N) is 1. The zero-order valence-electron chi connectivity index (χ0n) is 12.8. The Kier molecular flexibility index (Phi) is 6.39. The van der Waals surface area contributed by atoms with Crippen LogP contribution in [0.3, 0.4) is 0 Å². The molecule has 0 fully saturated rings. The van der Waals surface area contributed by atoms with Gasteiger partial charge in [-0.15, -0.1) is 0 Å². The number of hydrogen-bond acceptors (Lipinski definition) is 3. The molecular formula is C16H24N2O2. The van der Waals surface area contributed by atoms with Gasteiger partial charge in [-0.3, -0.25) is 14.5 Å². The first-order chi connectivity index (χ1) is 9.43. The fraction of sp³-hybridized carbons (Fsp3) is 0.500. The molecule has 1 aromatic carbocycles. The van der Waals surface area contributed by atoms with E-state index in [4.69, 9.17) is 0 Å². The molecule has 0 aliphatic rings. The Morgan fingerprint density at radius 3 is 2.55 bits per heavy atom. The number of hydrogen-bond donors (Lipinski definition) is 1. The maximum atomic E-state index is 12.3. The van der Waals surface area contributed by atoms with E-state index in [1.807, 2.05) is 39.0 Å². The van der Waals surface area contributed by atoms with E-state index in [2.05, 4.69) is 5.32 Å². The van der Waals surface area contributed by atoms with Gasteiger partial charge in [0, 0.05) is 12.1 Å². The van der Waals surface area contributed by atoms with Crippen LogP contribution in [-0.4, -0.2) is 43.3 Å². The smallest absolute Gasteiger partial charge is 0.234 e. The van der Waals surface area contributed by atoms with Gasteiger partial charge in [-0.05, 0) is 38.9 Å². The van der Waals surface area contributed by atoms with Crippen LogP contribution in [0.4, 0.5) is 0 Å². The van der Waals surface area contributed by atoms with Gasteiger partial charge in [0.15, 0.2) is 5.78 Å². The maximum Gasteiger partial charge on any atom is 0.234 e. The van der Waals surface area contributed by atoms with Crippen molar-refractivity contribution in [2.75, 3.05) is 26.7 Å². The van der Waals surface area contributed by atoms with E-state index in [9.17, 15) is 9.59 Å². The number of likely N-dealkylation sites (N-methyl/N-ethyl adjacent to an activating group) is 1. The maximum absolute atomic E-state index is 12.3. The molecule has 1 amide bonds. The summed E-state index contributed by atoms with van der Waals surface area (Å²) in [6.07, 6.45) is 0.914. The van der Waals surface area contributed by atoms with E-state index in [0.717, 1.165) is 23.1 Å². The third-order valence-electron chi connectivity index (χ3n) is 3.09. The number of carbonyl (C=O) groups excluding carboxylic acids is 2. The van der Waals surface area contributed by atoms with Crippen molar-refractivity contribution in [3.8, 4) is 0 Å². The van der Waals surface area contributed by atoms with Crippen molar-refractivity contribution in [2.45, 2.75) is 27.2 Å². The lowest BCUT2D eigenvalue weighted by Gasteiger charge is -2.16. The minimum atomic E-state index is -0.0388. The van der Waals surface area contributed by atoms with Gasteiger partial charge >= 0.3 is 0 Å². The highest BCUT2D eigenvalue weighted by molar-refractivity contribution is 5.99. The van der Waals surface area contributed by atoms with Crippen LogP contribution in [0.2, 0.25) is 0 Å². The minimum absolute atomic E-state index is 0.0388. The van der Waals surface area contributed by atoms with E-state index >= 15 is 0 Å². The van der Waals surface area contributed by atoms with Crippen molar-refractivity contribution >= 4 is 11.7 Å². The van der Waals surface area contributed by atoms with Gasteiger partial charge in [0.05, 0.1) is 13.1 Å². The number of nitrogens with one attached hydrogen (secondary N) is 1. The van der Waals surface area contributed by atoms with Gasteiger partial charge in [-0.2, -0.15) is 0 Å². The lowest BCUT2D eigenvalue weighted by Crippen LogP contribution is -2.37. The molecule has 4 heteroatoms. The zero-order valence-corrected chi connectivity index (χ0v) is 12.8. The van der Waals surface area contributed by atoms with Crippen LogP contribution >= 0.6 is 0 Å². The summed E-state index contributed by atoms with van der Waals surface area (Å²) in [5, 5.41) is 2.80. The zero-order chi connectivity index (χ0) is 15.1. The first-order valence-corrected chi connectivity index (χ1v) is 6.99. The number of Topliss-reactive ketones (excluding diaryl/α,β-unsaturated/α-hetero) is 1. The number of carbonyl (C=O) groups is 2. The molecule has 0 radical (unpaired) electrons. The fourth-order valence-corrected chi connectivity index (χ4v) is 1.99. The molecule has 0 spiro atoms. The van der Waals surface area contributed by atoms with Gasteiger partial charge in [-0.25, -0.2) is 0 Å². The molecule has 4 nitrogen and oxygen atoms in total. The number of ketones is 1. The van der Waals surface area contributed by atoms with Crippen molar-refractivity contribution in [3.63, 3.8) is 0 Å². The molecule has 0 aromatic heterocycles. The lowest BCUT2D eigenvalue weighted by molar-refractivity contribution is -0.121. The Bertz CT molecular complexity index is 483. The Morgan fingerprint density at radius 1 is 1.20 bits per heavy atom. The SMILES string of the molecule is CCCNC(=O)CN(C)CC(=O)c1cc(C)ccc1C. The third kappa shape index (κ3) is 5.13. The van der Waals surface area contributed by atoms with Gasteiger partial charge in [0.25, 0.3) is 0 Å². The summed E-state index contributed by atoms with van der Waals surface area (Å²) in [6.45, 7) is 7.09. The summed E-state index contributed by atoms with van der Waals surface area (Å²) in [6, 6.07) is 5.85. The van der Waals surface area contributed by atoms with Crippen molar-refractivity contribution in [2.24, 2.45) is 0 Å². The molecule has 20 heavy (non-hydrogen) atoms. The highest BCUT2D eigenvalue weighted by Gasteiger charge is 2.14. The molecule has 0 aliphatic heterocycles.